The zero-order chi connectivity index (χ0) is 14.8. The number of aromatic carboxylic acids is 1. The summed E-state index contributed by atoms with van der Waals surface area (Å²) in [6, 6.07) is 3.94. The van der Waals surface area contributed by atoms with E-state index in [1.165, 1.54) is 18.5 Å². The molecule has 1 heterocycles. The molecule has 106 valence electrons. The first-order chi connectivity index (χ1) is 9.40. The van der Waals surface area contributed by atoms with Gasteiger partial charge in [0.2, 0.25) is 0 Å². The Morgan fingerprint density at radius 2 is 2.15 bits per heavy atom. The van der Waals surface area contributed by atoms with Crippen LogP contribution < -0.4 is 0 Å². The molecule has 2 aromatic rings. The van der Waals surface area contributed by atoms with Crippen molar-refractivity contribution in [3.05, 3.63) is 47.0 Å². The molecule has 0 bridgehead atoms. The molecule has 0 radical (unpaired) electrons. The fraction of sp³-hybridized carbons (Fsp3) is 0.167. The molecule has 0 aliphatic carbocycles. The number of aryl methyl sites for hydroxylation is 1. The summed E-state index contributed by atoms with van der Waals surface area (Å²) in [6.45, 7) is 0.256. The summed E-state index contributed by atoms with van der Waals surface area (Å²) in [5.41, 5.74) is -0.0607. The van der Waals surface area contributed by atoms with Crippen LogP contribution in [0.5, 0.6) is 0 Å². The van der Waals surface area contributed by atoms with Crippen LogP contribution in [0.3, 0.4) is 0 Å². The van der Waals surface area contributed by atoms with Gasteiger partial charge in [0.1, 0.15) is 0 Å². The van der Waals surface area contributed by atoms with Crippen LogP contribution in [0.15, 0.2) is 46.3 Å². The summed E-state index contributed by atoms with van der Waals surface area (Å²) in [6.07, 6.45) is 4.75. The highest BCUT2D eigenvalue weighted by Crippen LogP contribution is 2.24. The van der Waals surface area contributed by atoms with Gasteiger partial charge in [-0.25, -0.2) is 18.2 Å². The molecule has 2 rings (SSSR count). The van der Waals surface area contributed by atoms with Crippen LogP contribution in [0.1, 0.15) is 10.4 Å². The number of benzene rings is 1. The van der Waals surface area contributed by atoms with Crippen molar-refractivity contribution in [1.29, 1.82) is 0 Å². The smallest absolute Gasteiger partial charge is 0.335 e. The summed E-state index contributed by atoms with van der Waals surface area (Å²) in [4.78, 5) is 14.7. The Morgan fingerprint density at radius 3 is 2.75 bits per heavy atom. The van der Waals surface area contributed by atoms with Crippen LogP contribution in [0.4, 0.5) is 0 Å². The number of halogens is 1. The Kier molecular flexibility index (Phi) is 4.24. The van der Waals surface area contributed by atoms with Crippen LogP contribution in [0.2, 0.25) is 0 Å². The number of carboxylic acid groups (broad SMARTS) is 1. The molecule has 1 N–H and O–H groups in total. The second kappa shape index (κ2) is 5.76. The van der Waals surface area contributed by atoms with Crippen molar-refractivity contribution >= 4 is 31.7 Å². The first kappa shape index (κ1) is 14.7. The number of aromatic nitrogens is 2. The van der Waals surface area contributed by atoms with Crippen molar-refractivity contribution in [1.82, 2.24) is 9.55 Å². The summed E-state index contributed by atoms with van der Waals surface area (Å²) in [5, 5.41) is 8.92. The van der Waals surface area contributed by atoms with Crippen molar-refractivity contribution in [3.63, 3.8) is 0 Å². The molecule has 1 aromatic carbocycles. The van der Waals surface area contributed by atoms with E-state index >= 15 is 0 Å². The standard InChI is InChI=1S/C12H11BrN2O4S/c13-10-2-1-9(12(16)17)7-11(10)20(18,19)6-5-15-4-3-14-8-15/h1-4,7-8H,5-6H2,(H,16,17). The van der Waals surface area contributed by atoms with Crippen LogP contribution in [-0.4, -0.2) is 34.8 Å². The molecule has 0 amide bonds. The van der Waals surface area contributed by atoms with E-state index in [-0.39, 0.29) is 22.8 Å². The monoisotopic (exact) mass is 358 g/mol. The molecule has 0 fully saturated rings. The number of imidazole rings is 1. The molecule has 6 nitrogen and oxygen atoms in total. The van der Waals surface area contributed by atoms with Crippen LogP contribution >= 0.6 is 15.9 Å². The SMILES string of the molecule is O=C(O)c1ccc(Br)c(S(=O)(=O)CCn2ccnc2)c1. The number of nitrogens with zero attached hydrogens (tertiary/aromatic N) is 2. The fourth-order valence-electron chi connectivity index (χ4n) is 1.63. The summed E-state index contributed by atoms with van der Waals surface area (Å²) in [7, 11) is -3.58. The minimum absolute atomic E-state index is 0.0162. The first-order valence-corrected chi connectivity index (χ1v) is 8.06. The predicted molar refractivity (Wildman–Crippen MR) is 75.4 cm³/mol. The van der Waals surface area contributed by atoms with Gasteiger partial charge in [0, 0.05) is 23.4 Å². The zero-order valence-corrected chi connectivity index (χ0v) is 12.6. The zero-order valence-electron chi connectivity index (χ0n) is 10.2. The number of rotatable bonds is 5. The van der Waals surface area contributed by atoms with E-state index < -0.39 is 15.8 Å². The fourth-order valence-corrected chi connectivity index (χ4v) is 3.96. The molecule has 20 heavy (non-hydrogen) atoms. The van der Waals surface area contributed by atoms with Gasteiger partial charge in [-0.2, -0.15) is 0 Å². The maximum atomic E-state index is 12.3. The van der Waals surface area contributed by atoms with Crippen molar-refractivity contribution in [2.75, 3.05) is 5.75 Å². The van der Waals surface area contributed by atoms with E-state index in [1.807, 2.05) is 0 Å². The first-order valence-electron chi connectivity index (χ1n) is 5.61. The lowest BCUT2D eigenvalue weighted by Gasteiger charge is -2.08. The Balaban J connectivity index is 2.28. The van der Waals surface area contributed by atoms with E-state index in [2.05, 4.69) is 20.9 Å². The van der Waals surface area contributed by atoms with Gasteiger partial charge < -0.3 is 9.67 Å². The van der Waals surface area contributed by atoms with Gasteiger partial charge in [-0.05, 0) is 34.1 Å². The molecule has 0 aliphatic heterocycles. The molecule has 0 unspecified atom stereocenters. The van der Waals surface area contributed by atoms with E-state index in [9.17, 15) is 13.2 Å². The van der Waals surface area contributed by atoms with Gasteiger partial charge in [0.25, 0.3) is 0 Å². The van der Waals surface area contributed by atoms with Gasteiger partial charge in [-0.1, -0.05) is 0 Å². The lowest BCUT2D eigenvalue weighted by molar-refractivity contribution is 0.0696. The molecular weight excluding hydrogens is 348 g/mol. The third kappa shape index (κ3) is 3.26. The summed E-state index contributed by atoms with van der Waals surface area (Å²) < 4.78 is 26.5. The lowest BCUT2D eigenvalue weighted by atomic mass is 10.2. The van der Waals surface area contributed by atoms with Gasteiger partial charge in [-0.3, -0.25) is 0 Å². The summed E-state index contributed by atoms with van der Waals surface area (Å²) in [5.74, 6) is -1.30. The minimum atomic E-state index is -3.58. The van der Waals surface area contributed by atoms with Crippen LogP contribution in [0, 0.1) is 0 Å². The summed E-state index contributed by atoms with van der Waals surface area (Å²) >= 11 is 3.14. The van der Waals surface area contributed by atoms with Crippen LogP contribution in [-0.2, 0) is 16.4 Å². The van der Waals surface area contributed by atoms with Crippen LogP contribution in [0.25, 0.3) is 0 Å². The highest BCUT2D eigenvalue weighted by molar-refractivity contribution is 9.10. The third-order valence-corrected chi connectivity index (χ3v) is 5.37. The van der Waals surface area contributed by atoms with Gasteiger partial charge in [0.15, 0.2) is 9.84 Å². The van der Waals surface area contributed by atoms with E-state index in [0.717, 1.165) is 6.07 Å². The van der Waals surface area contributed by atoms with Crippen molar-refractivity contribution in [2.24, 2.45) is 0 Å². The Bertz CT molecular complexity index is 726. The Labute approximate surface area is 124 Å². The average molecular weight is 359 g/mol. The van der Waals surface area contributed by atoms with Crippen molar-refractivity contribution in [3.8, 4) is 0 Å². The number of hydrogen-bond donors (Lipinski definition) is 1. The topological polar surface area (TPSA) is 89.3 Å². The molecular formula is C12H11BrN2O4S. The number of hydrogen-bond acceptors (Lipinski definition) is 4. The van der Waals surface area contributed by atoms with Crippen molar-refractivity contribution in [2.45, 2.75) is 11.4 Å². The molecule has 0 spiro atoms. The number of sulfone groups is 1. The normalized spacial score (nSPS) is 11.4. The predicted octanol–water partition coefficient (Wildman–Crippen LogP) is 1.82. The van der Waals surface area contributed by atoms with E-state index in [4.69, 9.17) is 5.11 Å². The molecule has 1 aromatic heterocycles. The second-order valence-electron chi connectivity index (χ2n) is 4.07. The maximum Gasteiger partial charge on any atom is 0.335 e. The molecule has 0 atom stereocenters. The van der Waals surface area contributed by atoms with E-state index in [1.54, 1.807) is 17.0 Å². The van der Waals surface area contributed by atoms with E-state index in [0.29, 0.717) is 4.47 Å². The average Bonchev–Trinajstić information content (AvgIpc) is 2.89. The van der Waals surface area contributed by atoms with Gasteiger partial charge in [0.05, 0.1) is 22.5 Å². The molecule has 0 saturated carbocycles. The lowest BCUT2D eigenvalue weighted by Crippen LogP contribution is -2.13. The Morgan fingerprint density at radius 1 is 1.40 bits per heavy atom. The largest absolute Gasteiger partial charge is 0.478 e. The number of carboxylic acids is 1. The van der Waals surface area contributed by atoms with Crippen molar-refractivity contribution < 1.29 is 18.3 Å². The molecule has 0 saturated heterocycles. The highest BCUT2D eigenvalue weighted by atomic mass is 79.9. The van der Waals surface area contributed by atoms with Gasteiger partial charge >= 0.3 is 5.97 Å². The van der Waals surface area contributed by atoms with Gasteiger partial charge in [-0.15, -0.1) is 0 Å². The minimum Gasteiger partial charge on any atom is -0.478 e. The highest BCUT2D eigenvalue weighted by Gasteiger charge is 2.19. The second-order valence-corrected chi connectivity index (χ2v) is 7.00. The maximum absolute atomic E-state index is 12.3. The molecule has 8 heteroatoms. The number of carbonyl (C=O) groups is 1. The Hall–Kier alpha value is -1.67. The molecule has 0 aliphatic rings. The quantitative estimate of drug-likeness (QED) is 0.880. The third-order valence-electron chi connectivity index (χ3n) is 2.69.